The van der Waals surface area contributed by atoms with Crippen LogP contribution >= 0.6 is 11.6 Å². The van der Waals surface area contributed by atoms with Crippen molar-refractivity contribution >= 4 is 45.5 Å². The highest BCUT2D eigenvalue weighted by molar-refractivity contribution is 6.36. The Morgan fingerprint density at radius 2 is 1.97 bits per heavy atom. The Hall–Kier alpha value is -2.84. The van der Waals surface area contributed by atoms with Crippen LogP contribution in [0.1, 0.15) is 19.5 Å². The smallest absolute Gasteiger partial charge is 0.234 e. The van der Waals surface area contributed by atoms with Crippen molar-refractivity contribution in [1.29, 1.82) is 0 Å². The number of halogens is 1. The molecule has 0 unspecified atom stereocenters. The number of aromatic amines is 1. The maximum atomic E-state index is 6.69. The number of benzene rings is 1. The Morgan fingerprint density at radius 3 is 2.76 bits per heavy atom. The lowest BCUT2D eigenvalue weighted by Gasteiger charge is -2.37. The molecule has 1 aliphatic rings. The zero-order valence-corrected chi connectivity index (χ0v) is 17.3. The predicted octanol–water partition coefficient (Wildman–Crippen LogP) is 3.50. The largest absolute Gasteiger partial charge is 0.368 e. The first-order valence-electron chi connectivity index (χ1n) is 9.73. The van der Waals surface area contributed by atoms with E-state index < -0.39 is 0 Å². The third-order valence-electron chi connectivity index (χ3n) is 5.22. The topological polar surface area (TPSA) is 86.2 Å². The van der Waals surface area contributed by atoms with E-state index in [4.69, 9.17) is 11.6 Å². The fourth-order valence-corrected chi connectivity index (χ4v) is 4.41. The summed E-state index contributed by atoms with van der Waals surface area (Å²) in [5.41, 5.74) is 3.75. The van der Waals surface area contributed by atoms with Gasteiger partial charge in [-0.05, 0) is 32.9 Å². The molecule has 3 aromatic heterocycles. The van der Waals surface area contributed by atoms with E-state index in [1.54, 1.807) is 6.20 Å². The summed E-state index contributed by atoms with van der Waals surface area (Å²) in [6.07, 6.45) is 5.62. The first-order chi connectivity index (χ1) is 14.0. The molecule has 2 atom stereocenters. The van der Waals surface area contributed by atoms with Crippen LogP contribution in [0.3, 0.4) is 0 Å². The Morgan fingerprint density at radius 1 is 1.17 bits per heavy atom. The van der Waals surface area contributed by atoms with Crippen LogP contribution < -0.4 is 15.5 Å². The lowest BCUT2D eigenvalue weighted by molar-refractivity contribution is 0.407. The number of rotatable bonds is 3. The second-order valence-corrected chi connectivity index (χ2v) is 8.26. The van der Waals surface area contributed by atoms with E-state index in [1.165, 1.54) is 0 Å². The van der Waals surface area contributed by atoms with E-state index in [1.807, 2.05) is 29.8 Å². The van der Waals surface area contributed by atoms with Crippen molar-refractivity contribution in [2.45, 2.75) is 32.9 Å². The maximum Gasteiger partial charge on any atom is 0.234 e. The highest BCUT2D eigenvalue weighted by atomic mass is 35.5. The van der Waals surface area contributed by atoms with E-state index in [0.29, 0.717) is 28.7 Å². The standard InChI is InChI=1S/C20H23ClN8/c1-11-7-28(8-12(2)23-11)15-4-16(21)18-17(5-15)26-27-19(18)25-14-6-22-20-24-13(3)9-29(20)10-14/h4-6,9-12,23H,7-8H2,1-3H3,(H2,25,26,27)/t11-,12-/m0/s1. The van der Waals surface area contributed by atoms with Crippen molar-refractivity contribution in [3.63, 3.8) is 0 Å². The molecule has 0 saturated carbocycles. The maximum absolute atomic E-state index is 6.69. The molecule has 0 amide bonds. The van der Waals surface area contributed by atoms with Gasteiger partial charge in [0.25, 0.3) is 0 Å². The van der Waals surface area contributed by atoms with Crippen molar-refractivity contribution in [3.8, 4) is 0 Å². The minimum absolute atomic E-state index is 0.432. The summed E-state index contributed by atoms with van der Waals surface area (Å²) < 4.78 is 1.89. The molecular weight excluding hydrogens is 388 g/mol. The van der Waals surface area contributed by atoms with Gasteiger partial charge in [0.2, 0.25) is 5.78 Å². The monoisotopic (exact) mass is 410 g/mol. The van der Waals surface area contributed by atoms with Crippen LogP contribution in [0.15, 0.2) is 30.7 Å². The van der Waals surface area contributed by atoms with Crippen LogP contribution in [0.4, 0.5) is 17.2 Å². The summed E-state index contributed by atoms with van der Waals surface area (Å²) in [4.78, 5) is 11.1. The fourth-order valence-electron chi connectivity index (χ4n) is 4.11. The number of imidazole rings is 1. The predicted molar refractivity (Wildman–Crippen MR) is 116 cm³/mol. The van der Waals surface area contributed by atoms with Crippen molar-refractivity contribution in [2.24, 2.45) is 0 Å². The van der Waals surface area contributed by atoms with Crippen molar-refractivity contribution in [1.82, 2.24) is 29.9 Å². The zero-order valence-electron chi connectivity index (χ0n) is 16.6. The molecule has 1 saturated heterocycles. The van der Waals surface area contributed by atoms with Crippen LogP contribution in [-0.4, -0.2) is 49.7 Å². The number of aromatic nitrogens is 5. The van der Waals surface area contributed by atoms with E-state index in [0.717, 1.165) is 41.1 Å². The van der Waals surface area contributed by atoms with E-state index >= 15 is 0 Å². The second-order valence-electron chi connectivity index (χ2n) is 7.85. The van der Waals surface area contributed by atoms with Gasteiger partial charge in [-0.1, -0.05) is 11.6 Å². The molecule has 150 valence electrons. The molecule has 8 nitrogen and oxygen atoms in total. The molecule has 5 rings (SSSR count). The van der Waals surface area contributed by atoms with E-state index in [2.05, 4.69) is 55.6 Å². The number of aryl methyl sites for hydroxylation is 1. The first kappa shape index (κ1) is 18.2. The van der Waals surface area contributed by atoms with Crippen molar-refractivity contribution in [3.05, 3.63) is 41.4 Å². The average molecular weight is 411 g/mol. The number of H-pyrrole nitrogens is 1. The van der Waals surface area contributed by atoms with Crippen LogP contribution in [0.5, 0.6) is 0 Å². The Kier molecular flexibility index (Phi) is 4.33. The molecule has 4 heterocycles. The third kappa shape index (κ3) is 3.38. The van der Waals surface area contributed by atoms with Gasteiger partial charge in [0.15, 0.2) is 5.82 Å². The Balaban J connectivity index is 1.47. The van der Waals surface area contributed by atoms with Gasteiger partial charge in [-0.25, -0.2) is 9.97 Å². The summed E-state index contributed by atoms with van der Waals surface area (Å²) in [6.45, 7) is 8.24. The highest BCUT2D eigenvalue weighted by Gasteiger charge is 2.22. The number of fused-ring (bicyclic) bond motifs is 2. The summed E-state index contributed by atoms with van der Waals surface area (Å²) in [5, 5.41) is 16.0. The molecule has 1 aromatic carbocycles. The molecule has 3 N–H and O–H groups in total. The van der Waals surface area contributed by atoms with Gasteiger partial charge in [-0.2, -0.15) is 5.10 Å². The zero-order chi connectivity index (χ0) is 20.1. The van der Waals surface area contributed by atoms with E-state index in [-0.39, 0.29) is 0 Å². The quantitative estimate of drug-likeness (QED) is 0.479. The number of piperazine rings is 1. The van der Waals surface area contributed by atoms with E-state index in [9.17, 15) is 0 Å². The lowest BCUT2D eigenvalue weighted by Crippen LogP contribution is -2.54. The normalized spacial score (nSPS) is 19.9. The molecule has 0 bridgehead atoms. The molecule has 0 aliphatic carbocycles. The van der Waals surface area contributed by atoms with Crippen LogP contribution in [0.2, 0.25) is 5.02 Å². The number of nitrogens with one attached hydrogen (secondary N) is 3. The fraction of sp³-hybridized carbons (Fsp3) is 0.350. The van der Waals surface area contributed by atoms with Gasteiger partial charge in [0, 0.05) is 43.3 Å². The van der Waals surface area contributed by atoms with Crippen molar-refractivity contribution < 1.29 is 0 Å². The highest BCUT2D eigenvalue weighted by Crippen LogP contribution is 2.35. The van der Waals surface area contributed by atoms with Crippen LogP contribution in [-0.2, 0) is 0 Å². The minimum Gasteiger partial charge on any atom is -0.368 e. The summed E-state index contributed by atoms with van der Waals surface area (Å²) in [6, 6.07) is 5.00. The van der Waals surface area contributed by atoms with Crippen molar-refractivity contribution in [2.75, 3.05) is 23.3 Å². The second kappa shape index (κ2) is 6.89. The van der Waals surface area contributed by atoms with Gasteiger partial charge < -0.3 is 15.5 Å². The lowest BCUT2D eigenvalue weighted by atomic mass is 10.1. The van der Waals surface area contributed by atoms with Gasteiger partial charge in [-0.3, -0.25) is 9.50 Å². The van der Waals surface area contributed by atoms with Gasteiger partial charge in [0.05, 0.1) is 33.5 Å². The molecule has 1 fully saturated rings. The van der Waals surface area contributed by atoms with Gasteiger partial charge in [-0.15, -0.1) is 0 Å². The summed E-state index contributed by atoms with van der Waals surface area (Å²) >= 11 is 6.69. The van der Waals surface area contributed by atoms with Crippen LogP contribution in [0, 0.1) is 6.92 Å². The summed E-state index contributed by atoms with van der Waals surface area (Å²) in [7, 11) is 0. The molecule has 4 aromatic rings. The number of hydrogen-bond donors (Lipinski definition) is 3. The molecule has 1 aliphatic heterocycles. The first-order valence-corrected chi connectivity index (χ1v) is 10.1. The number of nitrogens with zero attached hydrogens (tertiary/aromatic N) is 5. The SMILES string of the molecule is Cc1cn2cc(Nc3n[nH]c4cc(N5C[C@H](C)N[C@@H](C)C5)cc(Cl)c34)cnc2n1. The molecule has 0 spiro atoms. The summed E-state index contributed by atoms with van der Waals surface area (Å²) in [5.74, 6) is 1.35. The Bertz CT molecular complexity index is 1190. The molecule has 9 heteroatoms. The molecular formula is C20H23ClN8. The van der Waals surface area contributed by atoms with Gasteiger partial charge in [0.1, 0.15) is 0 Å². The Labute approximate surface area is 173 Å². The number of hydrogen-bond acceptors (Lipinski definition) is 6. The average Bonchev–Trinajstić information content (AvgIpc) is 3.23. The minimum atomic E-state index is 0.432. The molecule has 0 radical (unpaired) electrons. The number of anilines is 3. The molecule has 29 heavy (non-hydrogen) atoms. The van der Waals surface area contributed by atoms with Gasteiger partial charge >= 0.3 is 0 Å². The third-order valence-corrected chi connectivity index (χ3v) is 5.51. The van der Waals surface area contributed by atoms with Crippen LogP contribution in [0.25, 0.3) is 16.7 Å².